The second-order valence-electron chi connectivity index (χ2n) is 6.93. The van der Waals surface area contributed by atoms with Crippen LogP contribution in [-0.4, -0.2) is 43.6 Å². The van der Waals surface area contributed by atoms with Gasteiger partial charge in [0.2, 0.25) is 5.91 Å². The van der Waals surface area contributed by atoms with Crippen LogP contribution < -0.4 is 19.7 Å². The van der Waals surface area contributed by atoms with E-state index in [0.29, 0.717) is 23.7 Å². The quantitative estimate of drug-likeness (QED) is 0.603. The van der Waals surface area contributed by atoms with Crippen LogP contribution in [0.1, 0.15) is 12.0 Å². The highest BCUT2D eigenvalue weighted by molar-refractivity contribution is 6.23. The number of carbonyl (C=O) groups is 2. The van der Waals surface area contributed by atoms with E-state index in [1.54, 1.807) is 18.2 Å². The van der Waals surface area contributed by atoms with Gasteiger partial charge in [0, 0.05) is 29.7 Å². The smallest absolute Gasteiger partial charge is 0.251 e. The summed E-state index contributed by atoms with van der Waals surface area (Å²) in [6.07, 6.45) is 2.86. The van der Waals surface area contributed by atoms with Crippen LogP contribution in [-0.2, 0) is 16.0 Å². The molecule has 29 heavy (non-hydrogen) atoms. The number of nitrogens with one attached hydrogen (secondary N) is 2. The van der Waals surface area contributed by atoms with E-state index in [9.17, 15) is 9.59 Å². The van der Waals surface area contributed by atoms with Crippen molar-refractivity contribution in [3.63, 3.8) is 0 Å². The Morgan fingerprint density at radius 3 is 2.76 bits per heavy atom. The minimum atomic E-state index is -0.552. The first kappa shape index (κ1) is 19.0. The van der Waals surface area contributed by atoms with E-state index in [1.807, 2.05) is 24.4 Å². The molecule has 2 aromatic carbocycles. The summed E-state index contributed by atoms with van der Waals surface area (Å²) in [6.45, 7) is 0.592. The maximum atomic E-state index is 12.9. The van der Waals surface area contributed by atoms with Gasteiger partial charge < -0.3 is 19.8 Å². The van der Waals surface area contributed by atoms with Crippen LogP contribution in [0.4, 0.5) is 5.69 Å². The Morgan fingerprint density at radius 1 is 1.14 bits per heavy atom. The van der Waals surface area contributed by atoms with Gasteiger partial charge in [0.05, 0.1) is 32.4 Å². The molecule has 0 bridgehead atoms. The van der Waals surface area contributed by atoms with Crippen molar-refractivity contribution in [2.45, 2.75) is 18.9 Å². The summed E-state index contributed by atoms with van der Waals surface area (Å²) in [5, 5.41) is 4.40. The number of hydrogen-bond donors (Lipinski definition) is 2. The zero-order valence-corrected chi connectivity index (χ0v) is 16.4. The Bertz CT molecular complexity index is 1060. The third-order valence-corrected chi connectivity index (χ3v) is 5.23. The van der Waals surface area contributed by atoms with Crippen molar-refractivity contribution in [1.29, 1.82) is 0 Å². The number of H-pyrrole nitrogens is 1. The van der Waals surface area contributed by atoms with Crippen molar-refractivity contribution in [1.82, 2.24) is 10.3 Å². The molecule has 1 aliphatic rings. The summed E-state index contributed by atoms with van der Waals surface area (Å²) in [4.78, 5) is 30.0. The first-order valence-electron chi connectivity index (χ1n) is 9.49. The number of nitrogens with zero attached hydrogens (tertiary/aromatic N) is 1. The molecule has 0 unspecified atom stereocenters. The van der Waals surface area contributed by atoms with Crippen LogP contribution in [0.15, 0.2) is 48.7 Å². The summed E-state index contributed by atoms with van der Waals surface area (Å²) in [6, 6.07) is 12.6. The second kappa shape index (κ2) is 7.97. The van der Waals surface area contributed by atoms with Gasteiger partial charge in [-0.2, -0.15) is 0 Å². The highest BCUT2D eigenvalue weighted by Crippen LogP contribution is 2.35. The Labute approximate surface area is 168 Å². The molecule has 1 saturated heterocycles. The highest BCUT2D eigenvalue weighted by Gasteiger charge is 2.40. The average molecular weight is 393 g/mol. The van der Waals surface area contributed by atoms with Gasteiger partial charge in [0.1, 0.15) is 11.5 Å². The van der Waals surface area contributed by atoms with E-state index in [-0.39, 0.29) is 18.2 Å². The molecule has 0 spiro atoms. The molecule has 1 fully saturated rings. The minimum absolute atomic E-state index is 0.118. The van der Waals surface area contributed by atoms with Crippen LogP contribution in [0.3, 0.4) is 0 Å². The first-order valence-corrected chi connectivity index (χ1v) is 9.49. The largest absolute Gasteiger partial charge is 0.497 e. The SMILES string of the molecule is COc1ccc(OC)c(N2C(=O)C[C@@H](NCCc3c[nH]c4ccccc34)C2=O)c1. The van der Waals surface area contributed by atoms with Crippen molar-refractivity contribution in [2.24, 2.45) is 0 Å². The second-order valence-corrected chi connectivity index (χ2v) is 6.93. The lowest BCUT2D eigenvalue weighted by molar-refractivity contribution is -0.121. The molecule has 2 heterocycles. The van der Waals surface area contributed by atoms with Gasteiger partial charge in [0.25, 0.3) is 5.91 Å². The van der Waals surface area contributed by atoms with Crippen LogP contribution in [0.25, 0.3) is 10.9 Å². The molecule has 1 aliphatic heterocycles. The topological polar surface area (TPSA) is 83.7 Å². The maximum absolute atomic E-state index is 12.9. The van der Waals surface area contributed by atoms with Crippen LogP contribution in [0.2, 0.25) is 0 Å². The molecule has 0 saturated carbocycles. The maximum Gasteiger partial charge on any atom is 0.251 e. The zero-order valence-electron chi connectivity index (χ0n) is 16.4. The number of ether oxygens (including phenoxy) is 2. The number of rotatable bonds is 7. The van der Waals surface area contributed by atoms with Crippen LogP contribution >= 0.6 is 0 Å². The molecule has 4 rings (SSSR count). The predicted octanol–water partition coefficient (Wildman–Crippen LogP) is 2.65. The number of aromatic amines is 1. The van der Waals surface area contributed by atoms with Gasteiger partial charge in [-0.3, -0.25) is 9.59 Å². The third-order valence-electron chi connectivity index (χ3n) is 5.23. The van der Waals surface area contributed by atoms with Gasteiger partial charge in [-0.15, -0.1) is 0 Å². The van der Waals surface area contributed by atoms with Gasteiger partial charge in [-0.25, -0.2) is 4.90 Å². The Kier molecular flexibility index (Phi) is 5.22. The van der Waals surface area contributed by atoms with E-state index < -0.39 is 6.04 Å². The van der Waals surface area contributed by atoms with Crippen LogP contribution in [0.5, 0.6) is 11.5 Å². The fourth-order valence-corrected chi connectivity index (χ4v) is 3.74. The van der Waals surface area contributed by atoms with E-state index in [0.717, 1.165) is 11.9 Å². The minimum Gasteiger partial charge on any atom is -0.497 e. The number of imide groups is 1. The molecule has 150 valence electrons. The zero-order chi connectivity index (χ0) is 20.4. The van der Waals surface area contributed by atoms with Gasteiger partial charge in [-0.1, -0.05) is 18.2 Å². The first-order chi connectivity index (χ1) is 14.1. The van der Waals surface area contributed by atoms with Crippen molar-refractivity contribution in [3.05, 3.63) is 54.2 Å². The summed E-state index contributed by atoms with van der Waals surface area (Å²) in [5.74, 6) is 0.468. The molecule has 1 atom stereocenters. The monoisotopic (exact) mass is 393 g/mol. The Balaban J connectivity index is 1.46. The molecule has 2 N–H and O–H groups in total. The van der Waals surface area contributed by atoms with E-state index in [1.165, 1.54) is 30.1 Å². The summed E-state index contributed by atoms with van der Waals surface area (Å²) < 4.78 is 10.6. The van der Waals surface area contributed by atoms with E-state index in [4.69, 9.17) is 9.47 Å². The lowest BCUT2D eigenvalue weighted by atomic mass is 10.1. The normalized spacial score (nSPS) is 16.6. The number of methoxy groups -OCH3 is 2. The number of para-hydroxylation sites is 1. The standard InChI is InChI=1S/C22H23N3O4/c1-28-15-7-8-20(29-2)19(11-15)25-21(26)12-18(22(25)27)23-10-9-14-13-24-17-6-4-3-5-16(14)17/h3-8,11,13,18,23-24H,9-10,12H2,1-2H3/t18-/m1/s1. The molecule has 0 aliphatic carbocycles. The highest BCUT2D eigenvalue weighted by atomic mass is 16.5. The molecular formula is C22H23N3O4. The molecule has 0 radical (unpaired) electrons. The fourth-order valence-electron chi connectivity index (χ4n) is 3.74. The van der Waals surface area contributed by atoms with Gasteiger partial charge in [-0.05, 0) is 30.2 Å². The number of carbonyl (C=O) groups excluding carboxylic acids is 2. The number of fused-ring (bicyclic) bond motifs is 1. The lowest BCUT2D eigenvalue weighted by Crippen LogP contribution is -2.39. The fraction of sp³-hybridized carbons (Fsp3) is 0.273. The third kappa shape index (κ3) is 3.56. The molecular weight excluding hydrogens is 370 g/mol. The van der Waals surface area contributed by atoms with Crippen molar-refractivity contribution < 1.29 is 19.1 Å². The molecule has 3 aromatic rings. The Morgan fingerprint density at radius 2 is 1.97 bits per heavy atom. The Hall–Kier alpha value is -3.32. The number of anilines is 1. The van der Waals surface area contributed by atoms with E-state index >= 15 is 0 Å². The van der Waals surface area contributed by atoms with Crippen LogP contribution in [0, 0.1) is 0 Å². The molecule has 1 aromatic heterocycles. The number of benzene rings is 2. The van der Waals surface area contributed by atoms with E-state index in [2.05, 4.69) is 16.4 Å². The summed E-state index contributed by atoms with van der Waals surface area (Å²) in [5.41, 5.74) is 2.67. The number of hydrogen-bond acceptors (Lipinski definition) is 5. The van der Waals surface area contributed by atoms with Crippen molar-refractivity contribution in [2.75, 3.05) is 25.7 Å². The summed E-state index contributed by atoms with van der Waals surface area (Å²) >= 11 is 0. The predicted molar refractivity (Wildman–Crippen MR) is 110 cm³/mol. The molecule has 2 amide bonds. The molecule has 7 nitrogen and oxygen atoms in total. The summed E-state index contributed by atoms with van der Waals surface area (Å²) in [7, 11) is 3.04. The van der Waals surface area contributed by atoms with Crippen molar-refractivity contribution >= 4 is 28.4 Å². The number of amides is 2. The average Bonchev–Trinajstić information content (AvgIpc) is 3.28. The molecule has 7 heteroatoms. The van der Waals surface area contributed by atoms with Crippen molar-refractivity contribution in [3.8, 4) is 11.5 Å². The lowest BCUT2D eigenvalue weighted by Gasteiger charge is -2.19. The number of aromatic nitrogens is 1. The van der Waals surface area contributed by atoms with Gasteiger partial charge >= 0.3 is 0 Å². The van der Waals surface area contributed by atoms with Gasteiger partial charge in [0.15, 0.2) is 0 Å².